The van der Waals surface area contributed by atoms with Crippen molar-refractivity contribution in [2.24, 2.45) is 11.3 Å². The van der Waals surface area contributed by atoms with Crippen LogP contribution in [0.3, 0.4) is 0 Å². The smallest absolute Gasteiger partial charge is 0.233 e. The van der Waals surface area contributed by atoms with Crippen molar-refractivity contribution >= 4 is 33.2 Å². The highest BCUT2D eigenvalue weighted by atomic mass is 79.9. The zero-order valence-electron chi connectivity index (χ0n) is 13.2. The summed E-state index contributed by atoms with van der Waals surface area (Å²) in [6.07, 6.45) is 5.28. The summed E-state index contributed by atoms with van der Waals surface area (Å²) >= 11 is 3.41. The molecule has 4 heteroatoms. The summed E-state index contributed by atoms with van der Waals surface area (Å²) < 4.78 is 0.933. The molecule has 0 unspecified atom stereocenters. The molecule has 2 N–H and O–H groups in total. The number of halogens is 1. The molecule has 0 aromatic heterocycles. The minimum absolute atomic E-state index is 0.192. The molecule has 1 fully saturated rings. The lowest BCUT2D eigenvalue weighted by Gasteiger charge is -2.34. The molecule has 1 aromatic rings. The molecule has 0 radical (unpaired) electrons. The number of amides is 1. The first-order valence-corrected chi connectivity index (χ1v) is 8.48. The molecule has 0 bridgehead atoms. The maximum absolute atomic E-state index is 13.1. The van der Waals surface area contributed by atoms with Crippen molar-refractivity contribution in [3.63, 3.8) is 0 Å². The summed E-state index contributed by atoms with van der Waals surface area (Å²) in [5, 5.41) is 0. The van der Waals surface area contributed by atoms with E-state index >= 15 is 0 Å². The molecule has 3 nitrogen and oxygen atoms in total. The van der Waals surface area contributed by atoms with Crippen LogP contribution in [0.5, 0.6) is 0 Å². The molecule has 1 aliphatic rings. The summed E-state index contributed by atoms with van der Waals surface area (Å²) in [5.74, 6) is 0.755. The second-order valence-electron chi connectivity index (χ2n) is 6.65. The third-order valence-electron chi connectivity index (χ3n) is 4.47. The highest BCUT2D eigenvalue weighted by Gasteiger charge is 2.43. The van der Waals surface area contributed by atoms with Crippen molar-refractivity contribution in [1.82, 2.24) is 0 Å². The van der Waals surface area contributed by atoms with Crippen LogP contribution in [0.25, 0.3) is 0 Å². The fraction of sp³-hybridized carbons (Fsp3) is 0.588. The number of benzene rings is 1. The van der Waals surface area contributed by atoms with Crippen LogP contribution in [-0.2, 0) is 4.79 Å². The van der Waals surface area contributed by atoms with Crippen molar-refractivity contribution < 1.29 is 4.79 Å². The molecule has 0 atom stereocenters. The first-order chi connectivity index (χ1) is 9.85. The highest BCUT2D eigenvalue weighted by Crippen LogP contribution is 2.45. The van der Waals surface area contributed by atoms with Crippen LogP contribution < -0.4 is 10.6 Å². The van der Waals surface area contributed by atoms with Crippen molar-refractivity contribution in [3.05, 3.63) is 22.7 Å². The van der Waals surface area contributed by atoms with Crippen LogP contribution in [0.4, 0.5) is 11.4 Å². The van der Waals surface area contributed by atoms with Gasteiger partial charge in [-0.2, -0.15) is 0 Å². The predicted octanol–water partition coefficient (Wildman–Crippen LogP) is 4.60. The number of hydrogen-bond acceptors (Lipinski definition) is 2. The zero-order chi connectivity index (χ0) is 15.6. The van der Waals surface area contributed by atoms with E-state index < -0.39 is 0 Å². The lowest BCUT2D eigenvalue weighted by atomic mass is 9.77. The van der Waals surface area contributed by atoms with E-state index in [9.17, 15) is 4.79 Å². The Morgan fingerprint density at radius 2 is 2.00 bits per heavy atom. The number of nitrogen functional groups attached to an aromatic ring is 1. The minimum Gasteiger partial charge on any atom is -0.397 e. The quantitative estimate of drug-likeness (QED) is 0.804. The molecule has 0 saturated heterocycles. The van der Waals surface area contributed by atoms with Gasteiger partial charge < -0.3 is 10.6 Å². The minimum atomic E-state index is -0.192. The number of rotatable bonds is 4. The summed E-state index contributed by atoms with van der Waals surface area (Å²) in [7, 11) is 1.85. The van der Waals surface area contributed by atoms with Crippen molar-refractivity contribution in [1.29, 1.82) is 0 Å². The second-order valence-corrected chi connectivity index (χ2v) is 7.57. The molecule has 1 saturated carbocycles. The molecular formula is C17H25BrN2O. The molecule has 1 aromatic carbocycles. The van der Waals surface area contributed by atoms with Crippen molar-refractivity contribution in [3.8, 4) is 0 Å². The third-order valence-corrected chi connectivity index (χ3v) is 4.96. The Labute approximate surface area is 136 Å². The van der Waals surface area contributed by atoms with Gasteiger partial charge in [-0.05, 0) is 43.4 Å². The van der Waals surface area contributed by atoms with E-state index in [4.69, 9.17) is 5.73 Å². The SMILES string of the molecule is CC(C)CC1(C(=O)N(C)c2ccc(Br)cc2N)CCCC1. The van der Waals surface area contributed by atoms with Gasteiger partial charge in [0, 0.05) is 16.9 Å². The van der Waals surface area contributed by atoms with E-state index in [1.54, 1.807) is 4.90 Å². The van der Waals surface area contributed by atoms with Gasteiger partial charge in [-0.15, -0.1) is 0 Å². The van der Waals surface area contributed by atoms with Gasteiger partial charge in [0.15, 0.2) is 0 Å². The molecule has 0 heterocycles. The van der Waals surface area contributed by atoms with E-state index in [1.165, 1.54) is 0 Å². The fourth-order valence-electron chi connectivity index (χ4n) is 3.63. The number of nitrogens with two attached hydrogens (primary N) is 1. The van der Waals surface area contributed by atoms with Gasteiger partial charge >= 0.3 is 0 Å². The van der Waals surface area contributed by atoms with E-state index in [0.29, 0.717) is 11.6 Å². The van der Waals surface area contributed by atoms with Gasteiger partial charge in [0.2, 0.25) is 5.91 Å². The molecule has 0 spiro atoms. The Morgan fingerprint density at radius 3 is 2.52 bits per heavy atom. The summed E-state index contributed by atoms with van der Waals surface area (Å²) in [5.41, 5.74) is 7.33. The van der Waals surface area contributed by atoms with Gasteiger partial charge in [0.05, 0.1) is 11.4 Å². The first-order valence-electron chi connectivity index (χ1n) is 7.69. The highest BCUT2D eigenvalue weighted by molar-refractivity contribution is 9.10. The van der Waals surface area contributed by atoms with Crippen molar-refractivity contribution in [2.75, 3.05) is 17.7 Å². The summed E-state index contributed by atoms with van der Waals surface area (Å²) in [6, 6.07) is 5.69. The Hall–Kier alpha value is -1.03. The molecule has 116 valence electrons. The lowest BCUT2D eigenvalue weighted by molar-refractivity contribution is -0.128. The van der Waals surface area contributed by atoms with Crippen LogP contribution >= 0.6 is 15.9 Å². The Morgan fingerprint density at radius 1 is 1.38 bits per heavy atom. The molecule has 2 rings (SSSR count). The first kappa shape index (κ1) is 16.3. The van der Waals surface area contributed by atoms with E-state index in [2.05, 4.69) is 29.8 Å². The van der Waals surface area contributed by atoms with Crippen LogP contribution in [0.2, 0.25) is 0 Å². The van der Waals surface area contributed by atoms with Gasteiger partial charge in [0.1, 0.15) is 0 Å². The topological polar surface area (TPSA) is 46.3 Å². The molecular weight excluding hydrogens is 328 g/mol. The molecule has 0 aliphatic heterocycles. The third kappa shape index (κ3) is 3.42. The Bertz CT molecular complexity index is 522. The predicted molar refractivity (Wildman–Crippen MR) is 92.3 cm³/mol. The summed E-state index contributed by atoms with van der Waals surface area (Å²) in [6.45, 7) is 4.39. The monoisotopic (exact) mass is 352 g/mol. The maximum Gasteiger partial charge on any atom is 0.233 e. The average Bonchev–Trinajstić information content (AvgIpc) is 2.86. The zero-order valence-corrected chi connectivity index (χ0v) is 14.7. The average molecular weight is 353 g/mol. The van der Waals surface area contributed by atoms with Gasteiger partial charge in [0.25, 0.3) is 0 Å². The Kier molecular flexibility index (Phi) is 4.97. The van der Waals surface area contributed by atoms with Crippen molar-refractivity contribution in [2.45, 2.75) is 46.0 Å². The number of hydrogen-bond donors (Lipinski definition) is 1. The number of nitrogens with zero attached hydrogens (tertiary/aromatic N) is 1. The molecule has 1 amide bonds. The van der Waals surface area contributed by atoms with Crippen LogP contribution in [0.15, 0.2) is 22.7 Å². The standard InChI is InChI=1S/C17H25BrN2O/c1-12(2)11-17(8-4-5-9-17)16(21)20(3)15-7-6-13(18)10-14(15)19/h6-7,10,12H,4-5,8-9,11,19H2,1-3H3. The maximum atomic E-state index is 13.1. The van der Waals surface area contributed by atoms with E-state index in [-0.39, 0.29) is 11.3 Å². The van der Waals surface area contributed by atoms with E-state index in [1.807, 2.05) is 25.2 Å². The fourth-order valence-corrected chi connectivity index (χ4v) is 4.01. The number of carbonyl (C=O) groups excluding carboxylic acids is 1. The van der Waals surface area contributed by atoms with Gasteiger partial charge in [-0.1, -0.05) is 42.6 Å². The van der Waals surface area contributed by atoms with Gasteiger partial charge in [-0.3, -0.25) is 4.79 Å². The Balaban J connectivity index is 2.28. The van der Waals surface area contributed by atoms with Crippen LogP contribution in [0, 0.1) is 11.3 Å². The number of carbonyl (C=O) groups is 1. The summed E-state index contributed by atoms with van der Waals surface area (Å²) in [4.78, 5) is 14.9. The van der Waals surface area contributed by atoms with E-state index in [0.717, 1.165) is 42.3 Å². The molecule has 1 aliphatic carbocycles. The lowest BCUT2D eigenvalue weighted by Crippen LogP contribution is -2.41. The second kappa shape index (κ2) is 6.39. The molecule has 21 heavy (non-hydrogen) atoms. The van der Waals surface area contributed by atoms with Crippen LogP contribution in [-0.4, -0.2) is 13.0 Å². The number of anilines is 2. The van der Waals surface area contributed by atoms with Crippen LogP contribution in [0.1, 0.15) is 46.0 Å². The largest absolute Gasteiger partial charge is 0.397 e. The normalized spacial score (nSPS) is 17.2. The van der Waals surface area contributed by atoms with Gasteiger partial charge in [-0.25, -0.2) is 0 Å².